The summed E-state index contributed by atoms with van der Waals surface area (Å²) in [7, 11) is 0. The number of rotatable bonds is 2. The molecular weight excluding hydrogens is 206 g/mol. The lowest BCUT2D eigenvalue weighted by molar-refractivity contribution is 0.249. The molecule has 6 nitrogen and oxygen atoms in total. The molecule has 0 saturated carbocycles. The number of nitrogens with one attached hydrogen (secondary N) is 1. The van der Waals surface area contributed by atoms with E-state index in [0.29, 0.717) is 10.7 Å². The number of carbonyl (C=O) groups excluding carboxylic acids is 1. The second-order valence-electron chi connectivity index (χ2n) is 2.34. The highest BCUT2D eigenvalue weighted by molar-refractivity contribution is 6.29. The quantitative estimate of drug-likeness (QED) is 0.374. The summed E-state index contributed by atoms with van der Waals surface area (Å²) in [6.45, 7) is 0. The fraction of sp³-hybridized carbons (Fsp3) is 0. The number of primary amides is 1. The first-order valence-electron chi connectivity index (χ1n) is 3.60. The van der Waals surface area contributed by atoms with Gasteiger partial charge in [-0.2, -0.15) is 5.10 Å². The van der Waals surface area contributed by atoms with Gasteiger partial charge in [-0.15, -0.1) is 0 Å². The van der Waals surface area contributed by atoms with Gasteiger partial charge in [0, 0.05) is 5.56 Å². The Hall–Kier alpha value is -1.82. The Morgan fingerprint density at radius 3 is 2.93 bits per heavy atom. The number of hydrogen-bond acceptors (Lipinski definition) is 4. The van der Waals surface area contributed by atoms with Crippen molar-refractivity contribution in [2.24, 2.45) is 10.8 Å². The highest BCUT2D eigenvalue weighted by atomic mass is 35.5. The van der Waals surface area contributed by atoms with Crippen LogP contribution in [-0.2, 0) is 0 Å². The topological polar surface area (TPSA) is 106 Å². The molecule has 0 atom stereocenters. The first-order chi connectivity index (χ1) is 6.59. The number of halogens is 1. The Balaban J connectivity index is 2.76. The summed E-state index contributed by atoms with van der Waals surface area (Å²) < 4.78 is 0. The lowest BCUT2D eigenvalue weighted by Gasteiger charge is -1.98. The second kappa shape index (κ2) is 4.43. The van der Waals surface area contributed by atoms with E-state index in [9.17, 15) is 4.79 Å². The third-order valence-corrected chi connectivity index (χ3v) is 1.51. The van der Waals surface area contributed by atoms with Gasteiger partial charge in [0.15, 0.2) is 0 Å². The van der Waals surface area contributed by atoms with Crippen molar-refractivity contribution in [2.45, 2.75) is 0 Å². The standard InChI is InChI=1S/C7H8ClN5O/c8-5-2-1-4(6(9)12-5)3-11-13-7(10)14/h1-3H,(H2,9,12)(H3,10,13,14)/b11-3+. The van der Waals surface area contributed by atoms with Gasteiger partial charge < -0.3 is 11.5 Å². The van der Waals surface area contributed by atoms with Gasteiger partial charge >= 0.3 is 6.03 Å². The number of carbonyl (C=O) groups is 1. The predicted octanol–water partition coefficient (Wildman–Crippen LogP) is 0.319. The van der Waals surface area contributed by atoms with Gasteiger partial charge in [0.1, 0.15) is 11.0 Å². The molecule has 0 aliphatic rings. The number of urea groups is 1. The van der Waals surface area contributed by atoms with Crippen molar-refractivity contribution in [3.8, 4) is 0 Å². The van der Waals surface area contributed by atoms with E-state index < -0.39 is 6.03 Å². The van der Waals surface area contributed by atoms with E-state index in [1.54, 1.807) is 12.1 Å². The zero-order valence-electron chi connectivity index (χ0n) is 7.07. The molecule has 0 bridgehead atoms. The van der Waals surface area contributed by atoms with Gasteiger partial charge in [0.2, 0.25) is 0 Å². The van der Waals surface area contributed by atoms with Gasteiger partial charge in [-0.25, -0.2) is 15.2 Å². The van der Waals surface area contributed by atoms with Crippen LogP contribution < -0.4 is 16.9 Å². The number of amides is 2. The average Bonchev–Trinajstić information content (AvgIpc) is 2.08. The van der Waals surface area contributed by atoms with E-state index in [2.05, 4.69) is 10.1 Å². The van der Waals surface area contributed by atoms with Gasteiger partial charge in [-0.05, 0) is 12.1 Å². The summed E-state index contributed by atoms with van der Waals surface area (Å²) in [6, 6.07) is 2.43. The SMILES string of the molecule is NC(=O)N/N=C/c1ccc(Cl)nc1N. The molecular formula is C7H8ClN5O. The Labute approximate surface area is 84.9 Å². The van der Waals surface area contributed by atoms with Crippen molar-refractivity contribution in [3.63, 3.8) is 0 Å². The minimum absolute atomic E-state index is 0.229. The molecule has 0 spiro atoms. The maximum atomic E-state index is 10.3. The van der Waals surface area contributed by atoms with Gasteiger partial charge in [-0.3, -0.25) is 0 Å². The van der Waals surface area contributed by atoms with Crippen LogP contribution in [0, 0.1) is 0 Å². The Morgan fingerprint density at radius 2 is 2.36 bits per heavy atom. The molecule has 0 aliphatic carbocycles. The summed E-state index contributed by atoms with van der Waals surface area (Å²) in [4.78, 5) is 14.0. The van der Waals surface area contributed by atoms with Crippen molar-refractivity contribution in [1.29, 1.82) is 0 Å². The highest BCUT2D eigenvalue weighted by Gasteiger charge is 1.98. The average molecular weight is 214 g/mol. The molecule has 0 fully saturated rings. The zero-order valence-corrected chi connectivity index (χ0v) is 7.82. The molecule has 14 heavy (non-hydrogen) atoms. The maximum absolute atomic E-state index is 10.3. The van der Waals surface area contributed by atoms with Gasteiger partial charge in [-0.1, -0.05) is 11.6 Å². The van der Waals surface area contributed by atoms with Crippen LogP contribution in [0.5, 0.6) is 0 Å². The van der Waals surface area contributed by atoms with Crippen LogP contribution in [0.4, 0.5) is 10.6 Å². The van der Waals surface area contributed by atoms with Crippen LogP contribution in [0.1, 0.15) is 5.56 Å². The highest BCUT2D eigenvalue weighted by Crippen LogP contribution is 2.10. The number of nitrogen functional groups attached to an aromatic ring is 1. The number of hydrogen-bond donors (Lipinski definition) is 3. The van der Waals surface area contributed by atoms with Crippen molar-refractivity contribution in [1.82, 2.24) is 10.4 Å². The monoisotopic (exact) mass is 213 g/mol. The van der Waals surface area contributed by atoms with Crippen molar-refractivity contribution in [2.75, 3.05) is 5.73 Å². The Morgan fingerprint density at radius 1 is 1.64 bits per heavy atom. The number of nitrogens with zero attached hydrogens (tertiary/aromatic N) is 2. The van der Waals surface area contributed by atoms with E-state index in [1.807, 2.05) is 5.43 Å². The van der Waals surface area contributed by atoms with E-state index >= 15 is 0 Å². The van der Waals surface area contributed by atoms with Crippen LogP contribution in [0.2, 0.25) is 5.15 Å². The molecule has 1 aromatic heterocycles. The Bertz CT molecular complexity index is 378. The van der Waals surface area contributed by atoms with Crippen molar-refractivity contribution in [3.05, 3.63) is 22.8 Å². The third-order valence-electron chi connectivity index (χ3n) is 1.30. The summed E-state index contributed by atoms with van der Waals surface area (Å²) in [6.07, 6.45) is 1.32. The smallest absolute Gasteiger partial charge is 0.332 e. The van der Waals surface area contributed by atoms with Crippen molar-refractivity contribution >= 4 is 29.7 Å². The van der Waals surface area contributed by atoms with Gasteiger partial charge in [0.25, 0.3) is 0 Å². The van der Waals surface area contributed by atoms with Crippen LogP contribution in [-0.4, -0.2) is 17.2 Å². The maximum Gasteiger partial charge on any atom is 0.332 e. The lowest BCUT2D eigenvalue weighted by Crippen LogP contribution is -2.24. The third kappa shape index (κ3) is 2.91. The normalized spacial score (nSPS) is 10.4. The number of aromatic nitrogens is 1. The summed E-state index contributed by atoms with van der Waals surface area (Å²) in [5.74, 6) is 0.229. The van der Waals surface area contributed by atoms with E-state index in [1.165, 1.54) is 6.21 Å². The van der Waals surface area contributed by atoms with Crippen LogP contribution in [0.25, 0.3) is 0 Å². The summed E-state index contributed by atoms with van der Waals surface area (Å²) in [5.41, 5.74) is 12.9. The number of hydrazone groups is 1. The fourth-order valence-electron chi connectivity index (χ4n) is 0.735. The molecule has 0 unspecified atom stereocenters. The van der Waals surface area contributed by atoms with E-state index in [4.69, 9.17) is 23.1 Å². The first kappa shape index (κ1) is 10.3. The number of nitrogens with two attached hydrogens (primary N) is 2. The van der Waals surface area contributed by atoms with Gasteiger partial charge in [0.05, 0.1) is 6.21 Å². The molecule has 0 saturated heterocycles. The molecule has 0 aliphatic heterocycles. The van der Waals surface area contributed by atoms with Crippen LogP contribution in [0.3, 0.4) is 0 Å². The number of pyridine rings is 1. The molecule has 5 N–H and O–H groups in total. The molecule has 7 heteroatoms. The molecule has 1 aromatic rings. The summed E-state index contributed by atoms with van der Waals surface area (Å²) in [5, 5.41) is 3.81. The van der Waals surface area contributed by atoms with Crippen LogP contribution >= 0.6 is 11.6 Å². The minimum atomic E-state index is -0.748. The van der Waals surface area contributed by atoms with Crippen molar-refractivity contribution < 1.29 is 4.79 Å². The minimum Gasteiger partial charge on any atom is -0.383 e. The second-order valence-corrected chi connectivity index (χ2v) is 2.73. The fourth-order valence-corrected chi connectivity index (χ4v) is 0.889. The van der Waals surface area contributed by atoms with E-state index in [-0.39, 0.29) is 5.82 Å². The van der Waals surface area contributed by atoms with Crippen LogP contribution in [0.15, 0.2) is 17.2 Å². The first-order valence-corrected chi connectivity index (χ1v) is 3.98. The lowest BCUT2D eigenvalue weighted by atomic mass is 10.3. The zero-order chi connectivity index (χ0) is 10.6. The summed E-state index contributed by atoms with van der Waals surface area (Å²) >= 11 is 5.58. The molecule has 0 radical (unpaired) electrons. The molecule has 74 valence electrons. The van der Waals surface area contributed by atoms with E-state index in [0.717, 1.165) is 0 Å². The number of anilines is 1. The Kier molecular flexibility index (Phi) is 3.24. The predicted molar refractivity (Wildman–Crippen MR) is 54.0 cm³/mol. The molecule has 1 heterocycles. The molecule has 1 rings (SSSR count). The molecule has 2 amide bonds. The largest absolute Gasteiger partial charge is 0.383 e. The molecule has 0 aromatic carbocycles.